The second-order valence-electron chi connectivity index (χ2n) is 5.42. The monoisotopic (exact) mass is 276 g/mol. The molecule has 108 valence electrons. The first kappa shape index (κ1) is 13.2. The number of fused-ring (bicyclic) bond motifs is 1. The molecule has 20 heavy (non-hydrogen) atoms. The van der Waals surface area contributed by atoms with Crippen LogP contribution in [0.5, 0.6) is 11.5 Å². The van der Waals surface area contributed by atoms with Gasteiger partial charge in [-0.3, -0.25) is 4.79 Å². The van der Waals surface area contributed by atoms with Crippen LogP contribution in [0.3, 0.4) is 0 Å². The Labute approximate surface area is 118 Å². The Bertz CT molecular complexity index is 504. The number of hydrogen-bond acceptors (Lipinski definition) is 4. The van der Waals surface area contributed by atoms with Crippen LogP contribution >= 0.6 is 0 Å². The fraction of sp³-hybridized carbons (Fsp3) is 0.533. The molecule has 1 fully saturated rings. The van der Waals surface area contributed by atoms with Crippen LogP contribution in [0.4, 0.5) is 0 Å². The lowest BCUT2D eigenvalue weighted by Crippen LogP contribution is -2.36. The number of ether oxygens (including phenoxy) is 2. The molecule has 1 saturated carbocycles. The molecule has 5 heteroatoms. The topological polar surface area (TPSA) is 73.6 Å². The van der Waals surface area contributed by atoms with E-state index in [9.17, 15) is 4.79 Å². The third kappa shape index (κ3) is 2.72. The zero-order chi connectivity index (χ0) is 13.9. The molecule has 0 bridgehead atoms. The van der Waals surface area contributed by atoms with Crippen LogP contribution in [0.2, 0.25) is 0 Å². The van der Waals surface area contributed by atoms with Gasteiger partial charge in [-0.25, -0.2) is 0 Å². The van der Waals surface area contributed by atoms with Gasteiger partial charge < -0.3 is 20.5 Å². The van der Waals surface area contributed by atoms with Crippen LogP contribution in [0.25, 0.3) is 0 Å². The Kier molecular flexibility index (Phi) is 3.78. The molecule has 3 N–H and O–H groups in total. The number of carbonyl (C=O) groups excluding carboxylic acids is 1. The van der Waals surface area contributed by atoms with Crippen molar-refractivity contribution in [2.24, 2.45) is 11.7 Å². The smallest absolute Gasteiger partial charge is 0.251 e. The Morgan fingerprint density at radius 3 is 2.80 bits per heavy atom. The predicted octanol–water partition coefficient (Wildman–Crippen LogP) is 1.31. The highest BCUT2D eigenvalue weighted by atomic mass is 16.6. The van der Waals surface area contributed by atoms with Crippen LogP contribution in [0.1, 0.15) is 29.6 Å². The Morgan fingerprint density at radius 1 is 1.25 bits per heavy atom. The van der Waals surface area contributed by atoms with Gasteiger partial charge in [-0.15, -0.1) is 0 Å². The molecule has 1 aromatic carbocycles. The second-order valence-corrected chi connectivity index (χ2v) is 5.42. The lowest BCUT2D eigenvalue weighted by molar-refractivity contribution is 0.0945. The minimum atomic E-state index is -0.0823. The molecule has 2 unspecified atom stereocenters. The van der Waals surface area contributed by atoms with Gasteiger partial charge in [-0.1, -0.05) is 6.42 Å². The van der Waals surface area contributed by atoms with Gasteiger partial charge >= 0.3 is 0 Å². The lowest BCUT2D eigenvalue weighted by Gasteiger charge is -2.19. The van der Waals surface area contributed by atoms with Gasteiger partial charge in [0.25, 0.3) is 5.91 Å². The SMILES string of the molecule is NC1CCCC1CNC(=O)c1ccc2c(c1)OCCO2. The number of nitrogens with one attached hydrogen (secondary N) is 1. The fourth-order valence-corrected chi connectivity index (χ4v) is 2.83. The van der Waals surface area contributed by atoms with Crippen molar-refractivity contribution >= 4 is 5.91 Å². The van der Waals surface area contributed by atoms with Crippen LogP contribution < -0.4 is 20.5 Å². The summed E-state index contributed by atoms with van der Waals surface area (Å²) in [6, 6.07) is 5.50. The quantitative estimate of drug-likeness (QED) is 0.873. The third-order valence-electron chi connectivity index (χ3n) is 4.05. The maximum Gasteiger partial charge on any atom is 0.251 e. The number of amides is 1. The number of benzene rings is 1. The van der Waals surface area contributed by atoms with Crippen LogP contribution in [0.15, 0.2) is 18.2 Å². The van der Waals surface area contributed by atoms with E-state index in [0.717, 1.165) is 19.3 Å². The molecule has 2 atom stereocenters. The molecule has 1 aliphatic carbocycles. The average Bonchev–Trinajstić information content (AvgIpc) is 2.89. The maximum atomic E-state index is 12.1. The van der Waals surface area contributed by atoms with Crippen molar-refractivity contribution in [3.05, 3.63) is 23.8 Å². The number of hydrogen-bond donors (Lipinski definition) is 2. The normalized spacial score (nSPS) is 24.4. The highest BCUT2D eigenvalue weighted by Crippen LogP contribution is 2.30. The summed E-state index contributed by atoms with van der Waals surface area (Å²) in [5.41, 5.74) is 6.61. The van der Waals surface area contributed by atoms with Gasteiger partial charge in [0.15, 0.2) is 11.5 Å². The zero-order valence-corrected chi connectivity index (χ0v) is 11.4. The molecule has 1 amide bonds. The van der Waals surface area contributed by atoms with E-state index < -0.39 is 0 Å². The summed E-state index contributed by atoms with van der Waals surface area (Å²) in [7, 11) is 0. The lowest BCUT2D eigenvalue weighted by atomic mass is 10.0. The number of nitrogens with two attached hydrogens (primary N) is 1. The predicted molar refractivity (Wildman–Crippen MR) is 75.1 cm³/mol. The first-order valence-corrected chi connectivity index (χ1v) is 7.17. The standard InChI is InChI=1S/C15H20N2O3/c16-12-3-1-2-11(12)9-17-15(18)10-4-5-13-14(8-10)20-7-6-19-13/h4-5,8,11-12H,1-3,6-7,9,16H2,(H,17,18). The summed E-state index contributed by atoms with van der Waals surface area (Å²) >= 11 is 0. The van der Waals surface area contributed by atoms with E-state index in [1.807, 2.05) is 0 Å². The molecule has 1 aliphatic heterocycles. The van der Waals surface area contributed by atoms with Crippen LogP contribution in [-0.4, -0.2) is 31.7 Å². The highest BCUT2D eigenvalue weighted by molar-refractivity contribution is 5.94. The zero-order valence-electron chi connectivity index (χ0n) is 11.4. The number of carbonyl (C=O) groups is 1. The van der Waals surface area contributed by atoms with Crippen molar-refractivity contribution in [2.75, 3.05) is 19.8 Å². The van der Waals surface area contributed by atoms with Gasteiger partial charge in [0.2, 0.25) is 0 Å². The van der Waals surface area contributed by atoms with Crippen molar-refractivity contribution in [3.8, 4) is 11.5 Å². The minimum Gasteiger partial charge on any atom is -0.486 e. The first-order chi connectivity index (χ1) is 9.74. The second kappa shape index (κ2) is 5.71. The maximum absolute atomic E-state index is 12.1. The molecule has 5 nitrogen and oxygen atoms in total. The average molecular weight is 276 g/mol. The molecule has 3 rings (SSSR count). The van der Waals surface area contributed by atoms with Gasteiger partial charge in [0, 0.05) is 18.2 Å². The summed E-state index contributed by atoms with van der Waals surface area (Å²) in [6.45, 7) is 1.72. The van der Waals surface area contributed by atoms with E-state index in [1.165, 1.54) is 0 Å². The minimum absolute atomic E-state index is 0.0823. The van der Waals surface area contributed by atoms with E-state index in [4.69, 9.17) is 15.2 Å². The summed E-state index contributed by atoms with van der Waals surface area (Å²) in [5.74, 6) is 1.66. The summed E-state index contributed by atoms with van der Waals surface area (Å²) in [5, 5.41) is 2.96. The van der Waals surface area contributed by atoms with E-state index >= 15 is 0 Å². The number of rotatable bonds is 3. The molecule has 0 saturated heterocycles. The largest absolute Gasteiger partial charge is 0.486 e. The van der Waals surface area contributed by atoms with E-state index in [-0.39, 0.29) is 11.9 Å². The van der Waals surface area contributed by atoms with Crippen molar-refractivity contribution < 1.29 is 14.3 Å². The van der Waals surface area contributed by atoms with Crippen molar-refractivity contribution in [1.82, 2.24) is 5.32 Å². The molecule has 0 aromatic heterocycles. The molecule has 0 radical (unpaired) electrons. The highest BCUT2D eigenvalue weighted by Gasteiger charge is 2.24. The van der Waals surface area contributed by atoms with Crippen LogP contribution in [0, 0.1) is 5.92 Å². The Hall–Kier alpha value is -1.75. The summed E-state index contributed by atoms with van der Waals surface area (Å²) in [6.07, 6.45) is 3.32. The molecule has 0 spiro atoms. The van der Waals surface area contributed by atoms with E-state index in [2.05, 4.69) is 5.32 Å². The van der Waals surface area contributed by atoms with Crippen LogP contribution in [-0.2, 0) is 0 Å². The first-order valence-electron chi connectivity index (χ1n) is 7.17. The Balaban J connectivity index is 1.62. The molecule has 2 aliphatic rings. The van der Waals surface area contributed by atoms with Gasteiger partial charge in [-0.2, -0.15) is 0 Å². The van der Waals surface area contributed by atoms with Gasteiger partial charge in [0.05, 0.1) is 0 Å². The van der Waals surface area contributed by atoms with E-state index in [0.29, 0.717) is 42.7 Å². The van der Waals surface area contributed by atoms with E-state index in [1.54, 1.807) is 18.2 Å². The molecule has 1 heterocycles. The van der Waals surface area contributed by atoms with Crippen molar-refractivity contribution in [1.29, 1.82) is 0 Å². The molecular weight excluding hydrogens is 256 g/mol. The third-order valence-corrected chi connectivity index (χ3v) is 4.05. The van der Waals surface area contributed by atoms with Crippen molar-refractivity contribution in [2.45, 2.75) is 25.3 Å². The fourth-order valence-electron chi connectivity index (χ4n) is 2.83. The Morgan fingerprint density at radius 2 is 2.05 bits per heavy atom. The molecule has 1 aromatic rings. The molecular formula is C15H20N2O3. The summed E-state index contributed by atoms with van der Waals surface area (Å²) in [4.78, 5) is 12.1. The van der Waals surface area contributed by atoms with Gasteiger partial charge in [0.1, 0.15) is 13.2 Å². The van der Waals surface area contributed by atoms with Gasteiger partial charge in [-0.05, 0) is 37.0 Å². The summed E-state index contributed by atoms with van der Waals surface area (Å²) < 4.78 is 10.9. The van der Waals surface area contributed by atoms with Crippen molar-refractivity contribution in [3.63, 3.8) is 0 Å².